The van der Waals surface area contributed by atoms with Crippen LogP contribution in [0, 0.1) is 0 Å². The van der Waals surface area contributed by atoms with Crippen molar-refractivity contribution in [2.45, 2.75) is 37.8 Å². The van der Waals surface area contributed by atoms with Gasteiger partial charge in [-0.15, -0.1) is 0 Å². The molecule has 0 atom stereocenters. The molecule has 116 valence electrons. The Labute approximate surface area is 133 Å². The number of aromatic nitrogens is 2. The van der Waals surface area contributed by atoms with Crippen molar-refractivity contribution in [1.82, 2.24) is 9.78 Å². The highest BCUT2D eigenvalue weighted by atomic mass is 32.2. The third-order valence-electron chi connectivity index (χ3n) is 3.37. The van der Waals surface area contributed by atoms with E-state index in [1.165, 1.54) is 6.08 Å². The summed E-state index contributed by atoms with van der Waals surface area (Å²) in [5.41, 5.74) is 2.03. The molecule has 2 aromatic rings. The topological polar surface area (TPSA) is 60.1 Å². The van der Waals surface area contributed by atoms with Gasteiger partial charge in [0.1, 0.15) is 11.6 Å². The number of thioether (sulfide) groups is 1. The van der Waals surface area contributed by atoms with E-state index in [1.54, 1.807) is 24.5 Å². The van der Waals surface area contributed by atoms with Crippen molar-refractivity contribution in [3.8, 4) is 0 Å². The Bertz CT molecular complexity index is 709. The van der Waals surface area contributed by atoms with Gasteiger partial charge in [-0.05, 0) is 39.0 Å². The number of carbonyl (C=O) groups excluding carboxylic acids is 1. The molecule has 1 aliphatic rings. The summed E-state index contributed by atoms with van der Waals surface area (Å²) in [6.45, 7) is 6.24. The maximum Gasteiger partial charge on any atom is 0.249 e. The normalized spacial score (nSPS) is 14.5. The molecule has 0 fully saturated rings. The molecule has 0 spiro atoms. The van der Waals surface area contributed by atoms with Gasteiger partial charge in [0.2, 0.25) is 5.91 Å². The smallest absolute Gasteiger partial charge is 0.249 e. The maximum absolute atomic E-state index is 12.2. The number of fused-ring (bicyclic) bond motifs is 1. The van der Waals surface area contributed by atoms with Crippen LogP contribution in [-0.4, -0.2) is 15.7 Å². The molecular weight excluding hydrogens is 298 g/mol. The second-order valence-corrected chi connectivity index (χ2v) is 7.17. The van der Waals surface area contributed by atoms with Crippen LogP contribution in [0.4, 0.5) is 5.82 Å². The Morgan fingerprint density at radius 2 is 2.27 bits per heavy atom. The molecular formula is C16H19N3O2S. The fraction of sp³-hybridized carbons (Fsp3) is 0.375. The summed E-state index contributed by atoms with van der Waals surface area (Å²) in [4.78, 5) is 12.2. The van der Waals surface area contributed by atoms with Gasteiger partial charge in [0.05, 0.1) is 17.5 Å². The summed E-state index contributed by atoms with van der Waals surface area (Å²) in [6.07, 6.45) is 4.71. The Balaban J connectivity index is 1.84. The molecule has 0 aliphatic carbocycles. The highest BCUT2D eigenvalue weighted by Crippen LogP contribution is 2.37. The van der Waals surface area contributed by atoms with E-state index in [1.807, 2.05) is 16.4 Å². The monoisotopic (exact) mass is 317 g/mol. The van der Waals surface area contributed by atoms with E-state index < -0.39 is 0 Å². The zero-order valence-corrected chi connectivity index (χ0v) is 13.7. The minimum atomic E-state index is -0.179. The SMILES string of the molecule is CC(C)(C)n1nc2c(c1NC(=O)/C=C\c1ccco1)CSC2. The van der Waals surface area contributed by atoms with Gasteiger partial charge in [-0.1, -0.05) is 0 Å². The van der Waals surface area contributed by atoms with E-state index in [2.05, 4.69) is 31.2 Å². The molecule has 2 aromatic heterocycles. The molecule has 0 saturated heterocycles. The Morgan fingerprint density at radius 3 is 2.95 bits per heavy atom. The van der Waals surface area contributed by atoms with Crippen molar-refractivity contribution in [2.24, 2.45) is 0 Å². The van der Waals surface area contributed by atoms with Gasteiger partial charge in [-0.2, -0.15) is 16.9 Å². The van der Waals surface area contributed by atoms with Gasteiger partial charge >= 0.3 is 0 Å². The number of furan rings is 1. The number of rotatable bonds is 3. The standard InChI is InChI=1S/C16H19N3O2S/c1-16(2,3)19-15(12-9-22-10-13(12)18-19)17-14(20)7-6-11-5-4-8-21-11/h4-8H,9-10H2,1-3H3,(H,17,20)/b7-6-. The van der Waals surface area contributed by atoms with Crippen LogP contribution in [0.5, 0.6) is 0 Å². The average Bonchev–Trinajstić information content (AvgIpc) is 3.13. The molecule has 3 heterocycles. The van der Waals surface area contributed by atoms with Crippen LogP contribution < -0.4 is 5.32 Å². The molecule has 1 N–H and O–H groups in total. The van der Waals surface area contributed by atoms with Crippen LogP contribution in [0.25, 0.3) is 6.08 Å². The molecule has 0 saturated carbocycles. The second kappa shape index (κ2) is 5.68. The number of anilines is 1. The first-order chi connectivity index (χ1) is 10.4. The van der Waals surface area contributed by atoms with E-state index in [0.717, 1.165) is 28.6 Å². The van der Waals surface area contributed by atoms with Crippen molar-refractivity contribution in [2.75, 3.05) is 5.32 Å². The number of amides is 1. The molecule has 3 rings (SSSR count). The number of nitrogens with zero attached hydrogens (tertiary/aromatic N) is 2. The highest BCUT2D eigenvalue weighted by Gasteiger charge is 2.28. The summed E-state index contributed by atoms with van der Waals surface area (Å²) in [6, 6.07) is 3.59. The highest BCUT2D eigenvalue weighted by molar-refractivity contribution is 7.98. The largest absolute Gasteiger partial charge is 0.465 e. The lowest BCUT2D eigenvalue weighted by Gasteiger charge is -2.23. The Kier molecular flexibility index (Phi) is 3.87. The van der Waals surface area contributed by atoms with Gasteiger partial charge in [0, 0.05) is 23.1 Å². The average molecular weight is 317 g/mol. The van der Waals surface area contributed by atoms with Crippen molar-refractivity contribution >= 4 is 29.6 Å². The molecule has 1 aliphatic heterocycles. The summed E-state index contributed by atoms with van der Waals surface area (Å²) >= 11 is 1.82. The molecule has 0 bridgehead atoms. The van der Waals surface area contributed by atoms with Crippen molar-refractivity contribution in [3.63, 3.8) is 0 Å². The maximum atomic E-state index is 12.2. The summed E-state index contributed by atoms with van der Waals surface area (Å²) in [5.74, 6) is 3.08. The van der Waals surface area contributed by atoms with E-state index >= 15 is 0 Å². The molecule has 1 amide bonds. The molecule has 0 aromatic carbocycles. The number of hydrogen-bond donors (Lipinski definition) is 1. The molecule has 22 heavy (non-hydrogen) atoms. The lowest BCUT2D eigenvalue weighted by atomic mass is 10.1. The van der Waals surface area contributed by atoms with Crippen LogP contribution >= 0.6 is 11.8 Å². The predicted molar refractivity (Wildman–Crippen MR) is 88.6 cm³/mol. The van der Waals surface area contributed by atoms with Gasteiger partial charge in [0.25, 0.3) is 0 Å². The van der Waals surface area contributed by atoms with Crippen molar-refractivity contribution < 1.29 is 9.21 Å². The third-order valence-corrected chi connectivity index (χ3v) is 4.34. The molecule has 0 unspecified atom stereocenters. The fourth-order valence-corrected chi connectivity index (χ4v) is 3.36. The number of carbonyl (C=O) groups is 1. The summed E-state index contributed by atoms with van der Waals surface area (Å²) in [5, 5.41) is 7.64. The van der Waals surface area contributed by atoms with E-state index in [-0.39, 0.29) is 11.4 Å². The van der Waals surface area contributed by atoms with Crippen LogP contribution in [0.15, 0.2) is 28.9 Å². The second-order valence-electron chi connectivity index (χ2n) is 6.19. The van der Waals surface area contributed by atoms with E-state index in [0.29, 0.717) is 5.76 Å². The van der Waals surface area contributed by atoms with Crippen LogP contribution in [0.2, 0.25) is 0 Å². The zero-order chi connectivity index (χ0) is 15.7. The third kappa shape index (κ3) is 2.97. The first-order valence-corrected chi connectivity index (χ1v) is 8.32. The van der Waals surface area contributed by atoms with E-state index in [9.17, 15) is 4.79 Å². The lowest BCUT2D eigenvalue weighted by molar-refractivity contribution is -0.111. The fourth-order valence-electron chi connectivity index (χ4n) is 2.33. The van der Waals surface area contributed by atoms with Gasteiger partial charge in [0.15, 0.2) is 0 Å². The van der Waals surface area contributed by atoms with Crippen LogP contribution in [0.1, 0.15) is 37.8 Å². The first kappa shape index (κ1) is 15.0. The minimum absolute atomic E-state index is 0.178. The summed E-state index contributed by atoms with van der Waals surface area (Å²) < 4.78 is 7.10. The summed E-state index contributed by atoms with van der Waals surface area (Å²) in [7, 11) is 0. The first-order valence-electron chi connectivity index (χ1n) is 7.17. The lowest BCUT2D eigenvalue weighted by Crippen LogP contribution is -2.26. The number of hydrogen-bond acceptors (Lipinski definition) is 4. The van der Waals surface area contributed by atoms with Gasteiger partial charge < -0.3 is 9.73 Å². The quantitative estimate of drug-likeness (QED) is 0.878. The van der Waals surface area contributed by atoms with Crippen LogP contribution in [-0.2, 0) is 21.8 Å². The molecule has 5 nitrogen and oxygen atoms in total. The number of nitrogens with one attached hydrogen (secondary N) is 1. The van der Waals surface area contributed by atoms with E-state index in [4.69, 9.17) is 4.42 Å². The van der Waals surface area contributed by atoms with Gasteiger partial charge in [-0.3, -0.25) is 4.79 Å². The predicted octanol–water partition coefficient (Wildman–Crippen LogP) is 3.63. The zero-order valence-electron chi connectivity index (χ0n) is 12.9. The minimum Gasteiger partial charge on any atom is -0.465 e. The molecule has 0 radical (unpaired) electrons. The van der Waals surface area contributed by atoms with Crippen molar-refractivity contribution in [1.29, 1.82) is 0 Å². The Hall–Kier alpha value is -1.95. The van der Waals surface area contributed by atoms with Crippen LogP contribution in [0.3, 0.4) is 0 Å². The Morgan fingerprint density at radius 1 is 1.45 bits per heavy atom. The van der Waals surface area contributed by atoms with Gasteiger partial charge in [-0.25, -0.2) is 4.68 Å². The molecule has 6 heteroatoms. The van der Waals surface area contributed by atoms with Crippen molar-refractivity contribution in [3.05, 3.63) is 41.5 Å².